The number of hydrogen-bond donors (Lipinski definition) is 1. The number of nitrogens with zero attached hydrogens (tertiary/aromatic N) is 1. The molecule has 0 fully saturated rings. The van der Waals surface area contributed by atoms with Gasteiger partial charge in [-0.3, -0.25) is 4.79 Å². The van der Waals surface area contributed by atoms with Gasteiger partial charge in [-0.05, 0) is 18.2 Å². The van der Waals surface area contributed by atoms with E-state index in [9.17, 15) is 4.79 Å². The Balaban J connectivity index is 1.81. The summed E-state index contributed by atoms with van der Waals surface area (Å²) in [6, 6.07) is 6.89. The Bertz CT molecular complexity index is 586. The highest BCUT2D eigenvalue weighted by atomic mass is 35.5. The van der Waals surface area contributed by atoms with E-state index in [1.807, 2.05) is 5.38 Å². The predicted molar refractivity (Wildman–Crippen MR) is 80.3 cm³/mol. The van der Waals surface area contributed by atoms with Gasteiger partial charge in [0.2, 0.25) is 0 Å². The van der Waals surface area contributed by atoms with Gasteiger partial charge in [0.15, 0.2) is 0 Å². The first-order chi connectivity index (χ1) is 9.69. The van der Waals surface area contributed by atoms with Crippen LogP contribution in [0.15, 0.2) is 29.6 Å². The maximum Gasteiger partial charge on any atom is 0.251 e. The third-order valence-corrected chi connectivity index (χ3v) is 3.73. The molecule has 0 saturated carbocycles. The highest BCUT2D eigenvalue weighted by Gasteiger charge is 2.06. The molecule has 1 aromatic carbocycles. The maximum absolute atomic E-state index is 11.9. The third-order valence-electron chi connectivity index (χ3n) is 2.62. The molecule has 0 aliphatic heterocycles. The number of hydrogen-bond acceptors (Lipinski definition) is 4. The maximum atomic E-state index is 11.9. The van der Waals surface area contributed by atoms with Crippen molar-refractivity contribution in [3.05, 3.63) is 50.9 Å². The fourth-order valence-electron chi connectivity index (χ4n) is 1.69. The molecule has 4 nitrogen and oxygen atoms in total. The van der Waals surface area contributed by atoms with Crippen molar-refractivity contribution in [2.24, 2.45) is 0 Å². The topological polar surface area (TPSA) is 51.2 Å². The second kappa shape index (κ2) is 7.38. The number of methoxy groups -OCH3 is 1. The summed E-state index contributed by atoms with van der Waals surface area (Å²) in [5, 5.41) is 6.34. The van der Waals surface area contributed by atoms with Crippen molar-refractivity contribution in [1.29, 1.82) is 0 Å². The molecule has 0 radical (unpaired) electrons. The smallest absolute Gasteiger partial charge is 0.251 e. The fraction of sp³-hybridized carbons (Fsp3) is 0.286. The van der Waals surface area contributed by atoms with Crippen LogP contribution in [0.1, 0.15) is 21.1 Å². The number of carbonyl (C=O) groups is 1. The van der Waals surface area contributed by atoms with Gasteiger partial charge in [-0.1, -0.05) is 17.7 Å². The average Bonchev–Trinajstić information content (AvgIpc) is 2.87. The fourth-order valence-corrected chi connectivity index (χ4v) is 2.68. The summed E-state index contributed by atoms with van der Waals surface area (Å²) < 4.78 is 5.02. The summed E-state index contributed by atoms with van der Waals surface area (Å²) in [5.74, 6) is -0.125. The minimum absolute atomic E-state index is 0.125. The largest absolute Gasteiger partial charge is 0.378 e. The molecular weight excluding hydrogens is 296 g/mol. The molecule has 0 aliphatic carbocycles. The molecule has 20 heavy (non-hydrogen) atoms. The SMILES string of the molecule is COCc1nc(CCNC(=O)c2cccc(Cl)c2)cs1. The van der Waals surface area contributed by atoms with Crippen LogP contribution in [0.25, 0.3) is 0 Å². The number of benzene rings is 1. The zero-order valence-electron chi connectivity index (χ0n) is 11.1. The van der Waals surface area contributed by atoms with E-state index in [2.05, 4.69) is 10.3 Å². The molecule has 0 unspecified atom stereocenters. The van der Waals surface area contributed by atoms with Crippen LogP contribution in [-0.2, 0) is 17.8 Å². The van der Waals surface area contributed by atoms with Crippen molar-refractivity contribution in [2.45, 2.75) is 13.0 Å². The molecule has 0 bridgehead atoms. The molecule has 1 heterocycles. The summed E-state index contributed by atoms with van der Waals surface area (Å²) in [6.45, 7) is 1.07. The number of ether oxygens (including phenoxy) is 1. The highest BCUT2D eigenvalue weighted by Crippen LogP contribution is 2.12. The van der Waals surface area contributed by atoms with E-state index in [-0.39, 0.29) is 5.91 Å². The number of rotatable bonds is 6. The Labute approximate surface area is 126 Å². The molecule has 106 valence electrons. The van der Waals surface area contributed by atoms with Gasteiger partial charge in [-0.2, -0.15) is 0 Å². The van der Waals surface area contributed by atoms with Crippen molar-refractivity contribution < 1.29 is 9.53 Å². The second-order valence-electron chi connectivity index (χ2n) is 4.18. The van der Waals surface area contributed by atoms with E-state index in [1.54, 1.807) is 42.7 Å². The van der Waals surface area contributed by atoms with Crippen LogP contribution < -0.4 is 5.32 Å². The Kier molecular flexibility index (Phi) is 5.52. The molecule has 0 atom stereocenters. The first-order valence-corrected chi connectivity index (χ1v) is 7.41. The number of amides is 1. The van der Waals surface area contributed by atoms with Crippen molar-refractivity contribution in [2.75, 3.05) is 13.7 Å². The molecular formula is C14H15ClN2O2S. The summed E-state index contributed by atoms with van der Waals surface area (Å²) >= 11 is 7.42. The number of thiazole rings is 1. The Hall–Kier alpha value is -1.43. The van der Waals surface area contributed by atoms with Gasteiger partial charge in [0.1, 0.15) is 5.01 Å². The minimum Gasteiger partial charge on any atom is -0.378 e. The number of aromatic nitrogens is 1. The molecule has 6 heteroatoms. The van der Waals surface area contributed by atoms with Crippen LogP contribution in [-0.4, -0.2) is 24.5 Å². The number of nitrogens with one attached hydrogen (secondary N) is 1. The van der Waals surface area contributed by atoms with E-state index in [0.717, 1.165) is 10.7 Å². The van der Waals surface area contributed by atoms with Crippen LogP contribution >= 0.6 is 22.9 Å². The van der Waals surface area contributed by atoms with E-state index in [0.29, 0.717) is 30.2 Å². The van der Waals surface area contributed by atoms with Gasteiger partial charge in [-0.25, -0.2) is 4.98 Å². The second-order valence-corrected chi connectivity index (χ2v) is 5.56. The van der Waals surface area contributed by atoms with Crippen LogP contribution in [0.4, 0.5) is 0 Å². The molecule has 0 saturated heterocycles. The van der Waals surface area contributed by atoms with Gasteiger partial charge in [0.25, 0.3) is 5.91 Å². The van der Waals surface area contributed by atoms with Gasteiger partial charge >= 0.3 is 0 Å². The van der Waals surface area contributed by atoms with Crippen molar-refractivity contribution >= 4 is 28.8 Å². The van der Waals surface area contributed by atoms with Crippen LogP contribution in [0, 0.1) is 0 Å². The van der Waals surface area contributed by atoms with E-state index >= 15 is 0 Å². The predicted octanol–water partition coefficient (Wildman–Crippen LogP) is 2.92. The Morgan fingerprint density at radius 2 is 2.35 bits per heavy atom. The number of halogens is 1. The summed E-state index contributed by atoms with van der Waals surface area (Å²) in [6.07, 6.45) is 0.701. The van der Waals surface area contributed by atoms with Crippen LogP contribution in [0.3, 0.4) is 0 Å². The first kappa shape index (κ1) is 15.0. The van der Waals surface area contributed by atoms with E-state index in [1.165, 1.54) is 0 Å². The zero-order valence-corrected chi connectivity index (χ0v) is 12.6. The van der Waals surface area contributed by atoms with E-state index in [4.69, 9.17) is 16.3 Å². The Morgan fingerprint density at radius 1 is 1.50 bits per heavy atom. The zero-order chi connectivity index (χ0) is 14.4. The standard InChI is InChI=1S/C14H15ClN2O2S/c1-19-8-13-17-12(9-20-13)5-6-16-14(18)10-3-2-4-11(15)7-10/h2-4,7,9H,5-6,8H2,1H3,(H,16,18). The third kappa shape index (κ3) is 4.30. The quantitative estimate of drug-likeness (QED) is 0.892. The Morgan fingerprint density at radius 3 is 3.10 bits per heavy atom. The summed E-state index contributed by atoms with van der Waals surface area (Å²) in [5.41, 5.74) is 1.53. The van der Waals surface area contributed by atoms with Crippen LogP contribution in [0.5, 0.6) is 0 Å². The molecule has 0 aliphatic rings. The lowest BCUT2D eigenvalue weighted by Gasteiger charge is -2.04. The van der Waals surface area contributed by atoms with E-state index < -0.39 is 0 Å². The van der Waals surface area contributed by atoms with Crippen LogP contribution in [0.2, 0.25) is 5.02 Å². The lowest BCUT2D eigenvalue weighted by Crippen LogP contribution is -2.25. The minimum atomic E-state index is -0.125. The van der Waals surface area contributed by atoms with Crippen molar-refractivity contribution in [3.8, 4) is 0 Å². The van der Waals surface area contributed by atoms with Crippen molar-refractivity contribution in [3.63, 3.8) is 0 Å². The van der Waals surface area contributed by atoms with Gasteiger partial charge in [0, 0.05) is 36.0 Å². The van der Waals surface area contributed by atoms with Gasteiger partial charge in [0.05, 0.1) is 12.3 Å². The molecule has 0 spiro atoms. The monoisotopic (exact) mass is 310 g/mol. The number of carbonyl (C=O) groups excluding carboxylic acids is 1. The first-order valence-electron chi connectivity index (χ1n) is 6.15. The van der Waals surface area contributed by atoms with Gasteiger partial charge in [-0.15, -0.1) is 11.3 Å². The van der Waals surface area contributed by atoms with Crippen molar-refractivity contribution in [1.82, 2.24) is 10.3 Å². The molecule has 2 aromatic rings. The highest BCUT2D eigenvalue weighted by molar-refractivity contribution is 7.09. The summed E-state index contributed by atoms with van der Waals surface area (Å²) in [4.78, 5) is 16.3. The normalized spacial score (nSPS) is 10.5. The van der Waals surface area contributed by atoms with Gasteiger partial charge < -0.3 is 10.1 Å². The lowest BCUT2D eigenvalue weighted by atomic mass is 10.2. The lowest BCUT2D eigenvalue weighted by molar-refractivity contribution is 0.0954. The molecule has 1 aromatic heterocycles. The molecule has 1 N–H and O–H groups in total. The summed E-state index contributed by atoms with van der Waals surface area (Å²) in [7, 11) is 1.65. The molecule has 1 amide bonds. The average molecular weight is 311 g/mol. The molecule has 2 rings (SSSR count).